The molecular formula is C24H31NO2. The van der Waals surface area contributed by atoms with E-state index in [1.54, 1.807) is 11.6 Å². The van der Waals surface area contributed by atoms with Crippen LogP contribution in [0.25, 0.3) is 0 Å². The van der Waals surface area contributed by atoms with Gasteiger partial charge in [0.25, 0.3) is 0 Å². The molecule has 6 atom stereocenters. The molecule has 3 heteroatoms. The number of hydrogen-bond acceptors (Lipinski definition) is 3. The third kappa shape index (κ3) is 1.94. The predicted molar refractivity (Wildman–Crippen MR) is 104 cm³/mol. The van der Waals surface area contributed by atoms with E-state index in [-0.39, 0.29) is 17.0 Å². The van der Waals surface area contributed by atoms with Crippen LogP contribution >= 0.6 is 0 Å². The normalized spacial score (nSPS) is 48.9. The third-order valence-corrected chi connectivity index (χ3v) is 9.84. The lowest BCUT2D eigenvalue weighted by Crippen LogP contribution is -2.54. The molecule has 0 saturated heterocycles. The fourth-order valence-corrected chi connectivity index (χ4v) is 8.59. The van der Waals surface area contributed by atoms with Crippen molar-refractivity contribution < 1.29 is 9.53 Å². The van der Waals surface area contributed by atoms with Crippen LogP contribution in [-0.2, 0) is 9.53 Å². The lowest BCUT2D eigenvalue weighted by molar-refractivity contribution is -0.165. The molecule has 0 aromatic heterocycles. The summed E-state index contributed by atoms with van der Waals surface area (Å²) in [5.74, 6) is 2.91. The van der Waals surface area contributed by atoms with Gasteiger partial charge in [-0.05, 0) is 105 Å². The molecular weight excluding hydrogens is 334 g/mol. The lowest BCUT2D eigenvalue weighted by atomic mass is 9.47. The Balaban J connectivity index is 1.40. The molecule has 2 spiro atoms. The van der Waals surface area contributed by atoms with E-state index in [0.29, 0.717) is 11.3 Å². The Labute approximate surface area is 162 Å². The van der Waals surface area contributed by atoms with Crippen LogP contribution in [0.15, 0.2) is 23.8 Å². The third-order valence-electron chi connectivity index (χ3n) is 9.84. The van der Waals surface area contributed by atoms with Crippen molar-refractivity contribution in [2.75, 3.05) is 0 Å². The van der Waals surface area contributed by atoms with Crippen molar-refractivity contribution in [3.05, 3.63) is 23.8 Å². The molecule has 1 N–H and O–H groups in total. The Bertz CT molecular complexity index is 790. The van der Waals surface area contributed by atoms with Crippen LogP contribution in [-0.4, -0.2) is 17.3 Å². The molecule has 6 aliphatic rings. The number of hydrogen-bond donors (Lipinski definition) is 1. The average molecular weight is 366 g/mol. The van der Waals surface area contributed by atoms with Crippen LogP contribution in [0.2, 0.25) is 0 Å². The molecule has 0 aromatic carbocycles. The Hall–Kier alpha value is -1.38. The Morgan fingerprint density at radius 3 is 2.70 bits per heavy atom. The Kier molecular flexibility index (Phi) is 3.16. The standard InChI is InChI=1S/C24H31NO2/c1-2-23-8-5-16-17-4-3-15(25)13-20(17)22(11-12-22)14-18(16)19(23)6-9-24(23)10-7-21(26)27-24/h7,10,13,16-19,25H,2-6,8-9,11-12,14H2,1H3/t16?,17-,18?,19?,23+,24-/m1/s1. The molecule has 0 bridgehead atoms. The zero-order chi connectivity index (χ0) is 18.4. The maximum atomic E-state index is 12.0. The number of allylic oxidation sites excluding steroid dienone is 2. The van der Waals surface area contributed by atoms with Crippen LogP contribution in [0.3, 0.4) is 0 Å². The Morgan fingerprint density at radius 1 is 1.15 bits per heavy atom. The summed E-state index contributed by atoms with van der Waals surface area (Å²) >= 11 is 0. The number of carbonyl (C=O) groups is 1. The summed E-state index contributed by atoms with van der Waals surface area (Å²) in [6.45, 7) is 2.34. The minimum atomic E-state index is -0.310. The van der Waals surface area contributed by atoms with Gasteiger partial charge in [0.15, 0.2) is 0 Å². The second-order valence-electron chi connectivity index (χ2n) is 10.4. The summed E-state index contributed by atoms with van der Waals surface area (Å²) in [5.41, 5.74) is 2.83. The second-order valence-corrected chi connectivity index (χ2v) is 10.4. The number of esters is 1. The molecule has 5 aliphatic carbocycles. The maximum absolute atomic E-state index is 12.0. The molecule has 1 heterocycles. The highest BCUT2D eigenvalue weighted by molar-refractivity contribution is 5.94. The maximum Gasteiger partial charge on any atom is 0.331 e. The minimum Gasteiger partial charge on any atom is -0.451 e. The monoisotopic (exact) mass is 365 g/mol. The molecule has 144 valence electrons. The summed E-state index contributed by atoms with van der Waals surface area (Å²) in [4.78, 5) is 12.0. The van der Waals surface area contributed by atoms with E-state index in [2.05, 4.69) is 19.1 Å². The largest absolute Gasteiger partial charge is 0.451 e. The predicted octanol–water partition coefficient (Wildman–Crippen LogP) is 5.21. The van der Waals surface area contributed by atoms with Gasteiger partial charge in [0.2, 0.25) is 0 Å². The quantitative estimate of drug-likeness (QED) is 0.648. The zero-order valence-electron chi connectivity index (χ0n) is 16.4. The van der Waals surface area contributed by atoms with Crippen LogP contribution in [0, 0.1) is 39.9 Å². The molecule has 0 aromatic rings. The van der Waals surface area contributed by atoms with Gasteiger partial charge in [0.1, 0.15) is 5.60 Å². The molecule has 0 radical (unpaired) electrons. The summed E-state index contributed by atoms with van der Waals surface area (Å²) in [5, 5.41) is 8.22. The van der Waals surface area contributed by atoms with Crippen molar-refractivity contribution in [2.24, 2.45) is 34.5 Å². The van der Waals surface area contributed by atoms with E-state index in [0.717, 1.165) is 42.7 Å². The summed E-state index contributed by atoms with van der Waals surface area (Å²) in [7, 11) is 0. The van der Waals surface area contributed by atoms with Crippen molar-refractivity contribution in [2.45, 2.75) is 76.7 Å². The molecule has 6 rings (SSSR count). The van der Waals surface area contributed by atoms with E-state index in [9.17, 15) is 4.79 Å². The van der Waals surface area contributed by atoms with Gasteiger partial charge < -0.3 is 10.1 Å². The Morgan fingerprint density at radius 2 is 2.00 bits per heavy atom. The SMILES string of the molecule is CC[C@]12CCC3C(CC4(CC4)C4=CC(=N)CC[C@@H]43)C1CC[C@@]21C=CC(=O)O1. The number of nitrogens with one attached hydrogen (secondary N) is 1. The summed E-state index contributed by atoms with van der Waals surface area (Å²) < 4.78 is 6.05. The van der Waals surface area contributed by atoms with Crippen LogP contribution in [0.1, 0.15) is 71.1 Å². The van der Waals surface area contributed by atoms with Crippen molar-refractivity contribution in [3.63, 3.8) is 0 Å². The van der Waals surface area contributed by atoms with Crippen LogP contribution < -0.4 is 0 Å². The molecule has 4 saturated carbocycles. The van der Waals surface area contributed by atoms with Gasteiger partial charge in [-0.3, -0.25) is 0 Å². The van der Waals surface area contributed by atoms with Crippen molar-refractivity contribution in [1.29, 1.82) is 5.41 Å². The second kappa shape index (κ2) is 5.15. The molecule has 0 amide bonds. The van der Waals surface area contributed by atoms with E-state index in [1.807, 2.05) is 0 Å². The fraction of sp³-hybridized carbons (Fsp3) is 0.750. The summed E-state index contributed by atoms with van der Waals surface area (Å²) in [6, 6.07) is 0. The van der Waals surface area contributed by atoms with Crippen molar-refractivity contribution in [3.8, 4) is 0 Å². The number of fused-ring (bicyclic) bond motifs is 7. The molecule has 27 heavy (non-hydrogen) atoms. The van der Waals surface area contributed by atoms with E-state index < -0.39 is 0 Å². The minimum absolute atomic E-state index is 0.121. The van der Waals surface area contributed by atoms with Crippen molar-refractivity contribution >= 4 is 11.7 Å². The average Bonchev–Trinajstić information content (AvgIpc) is 3.22. The summed E-state index contributed by atoms with van der Waals surface area (Å²) in [6.07, 6.45) is 18.2. The fourth-order valence-electron chi connectivity index (χ4n) is 8.59. The zero-order valence-corrected chi connectivity index (χ0v) is 16.4. The smallest absolute Gasteiger partial charge is 0.331 e. The number of carbonyl (C=O) groups excluding carboxylic acids is 1. The van der Waals surface area contributed by atoms with Gasteiger partial charge >= 0.3 is 5.97 Å². The van der Waals surface area contributed by atoms with E-state index in [4.69, 9.17) is 10.1 Å². The molecule has 4 fully saturated rings. The van der Waals surface area contributed by atoms with Crippen LogP contribution in [0.5, 0.6) is 0 Å². The van der Waals surface area contributed by atoms with Gasteiger partial charge in [-0.25, -0.2) is 4.79 Å². The first-order valence-electron chi connectivity index (χ1n) is 11.2. The van der Waals surface area contributed by atoms with Gasteiger partial charge in [0, 0.05) is 17.2 Å². The van der Waals surface area contributed by atoms with Crippen molar-refractivity contribution in [1.82, 2.24) is 0 Å². The van der Waals surface area contributed by atoms with Gasteiger partial charge in [0.05, 0.1) is 0 Å². The number of ether oxygens (including phenoxy) is 1. The first-order valence-corrected chi connectivity index (χ1v) is 11.2. The van der Waals surface area contributed by atoms with E-state index >= 15 is 0 Å². The first kappa shape index (κ1) is 16.6. The highest BCUT2D eigenvalue weighted by atomic mass is 16.6. The molecule has 3 nitrogen and oxygen atoms in total. The molecule has 1 aliphatic heterocycles. The highest BCUT2D eigenvalue weighted by Gasteiger charge is 2.68. The van der Waals surface area contributed by atoms with Crippen LogP contribution in [0.4, 0.5) is 0 Å². The first-order chi connectivity index (χ1) is 13.0. The van der Waals surface area contributed by atoms with Gasteiger partial charge in [-0.2, -0.15) is 0 Å². The van der Waals surface area contributed by atoms with Gasteiger partial charge in [-0.1, -0.05) is 12.5 Å². The van der Waals surface area contributed by atoms with E-state index in [1.165, 1.54) is 44.9 Å². The molecule has 3 unspecified atom stereocenters. The van der Waals surface area contributed by atoms with Gasteiger partial charge in [-0.15, -0.1) is 0 Å². The topological polar surface area (TPSA) is 50.2 Å². The lowest BCUT2D eigenvalue weighted by Gasteiger charge is -2.58. The number of rotatable bonds is 1. The highest BCUT2D eigenvalue weighted by Crippen LogP contribution is 2.73.